The molecule has 0 saturated heterocycles. The van der Waals surface area contributed by atoms with Crippen LogP contribution in [0, 0.1) is 17.3 Å². The molecule has 0 amide bonds. The third kappa shape index (κ3) is 2.28. The maximum absolute atomic E-state index is 11.7. The Kier molecular flexibility index (Phi) is 2.73. The van der Waals surface area contributed by atoms with Crippen molar-refractivity contribution in [2.24, 2.45) is 17.3 Å². The molecule has 2 fully saturated rings. The monoisotopic (exact) mass is 317 g/mol. The van der Waals surface area contributed by atoms with Crippen molar-refractivity contribution in [1.29, 1.82) is 0 Å². The van der Waals surface area contributed by atoms with Crippen LogP contribution < -0.4 is 0 Å². The molecule has 2 saturated carbocycles. The highest BCUT2D eigenvalue weighted by molar-refractivity contribution is 5.66. The van der Waals surface area contributed by atoms with Crippen LogP contribution in [0.2, 0.25) is 0 Å². The second-order valence-corrected chi connectivity index (χ2v) is 7.56. The van der Waals surface area contributed by atoms with Gasteiger partial charge >= 0.3 is 5.97 Å². The van der Waals surface area contributed by atoms with Gasteiger partial charge < -0.3 is 9.84 Å². The Bertz CT molecular complexity index is 765. The molecule has 3 nitrogen and oxygen atoms in total. The van der Waals surface area contributed by atoms with Gasteiger partial charge in [-0.2, -0.15) is 0 Å². The molecule has 3 aliphatic rings. The van der Waals surface area contributed by atoms with E-state index < -0.39 is 23.8 Å². The Morgan fingerprint density at radius 1 is 1.43 bits per heavy atom. The van der Waals surface area contributed by atoms with Gasteiger partial charge in [-0.05, 0) is 79.5 Å². The van der Waals surface area contributed by atoms with Gasteiger partial charge in [-0.1, -0.05) is 13.0 Å². The molecule has 1 aromatic rings. The first-order valence-electron chi connectivity index (χ1n) is 10.1. The summed E-state index contributed by atoms with van der Waals surface area (Å²) in [4.78, 5) is 11.7. The van der Waals surface area contributed by atoms with Crippen molar-refractivity contribution in [2.45, 2.75) is 64.3 Å². The molecule has 0 bridgehead atoms. The molecule has 0 heterocycles. The van der Waals surface area contributed by atoms with Gasteiger partial charge in [-0.15, -0.1) is 0 Å². The van der Waals surface area contributed by atoms with E-state index in [0.717, 1.165) is 19.3 Å². The normalized spacial score (nSPS) is 45.7. The van der Waals surface area contributed by atoms with Gasteiger partial charge in [0.15, 0.2) is 0 Å². The van der Waals surface area contributed by atoms with Crippen LogP contribution in [0.5, 0.6) is 5.75 Å². The maximum atomic E-state index is 11.7. The molecule has 1 N–H and O–H groups in total. The molecule has 23 heavy (non-hydrogen) atoms. The van der Waals surface area contributed by atoms with Crippen LogP contribution in [0.3, 0.4) is 0 Å². The number of phenols is 1. The topological polar surface area (TPSA) is 46.5 Å². The summed E-state index contributed by atoms with van der Waals surface area (Å²) >= 11 is 0. The second kappa shape index (κ2) is 5.25. The number of carbonyl (C=O) groups excluding carboxylic acids is 1. The van der Waals surface area contributed by atoms with Gasteiger partial charge in [0.25, 0.3) is 0 Å². The average Bonchev–Trinajstić information content (AvgIpc) is 2.70. The summed E-state index contributed by atoms with van der Waals surface area (Å²) in [6.07, 6.45) is -0.136. The van der Waals surface area contributed by atoms with E-state index in [1.807, 2.05) is 19.1 Å². The number of esters is 1. The van der Waals surface area contributed by atoms with Crippen LogP contribution in [0.4, 0.5) is 0 Å². The molecule has 3 aliphatic carbocycles. The highest BCUT2D eigenvalue weighted by atomic mass is 16.5. The molecular weight excluding hydrogens is 288 g/mol. The fraction of sp³-hybridized carbons (Fsp3) is 0.650. The number of aryl methyl sites for hydroxylation is 1. The number of carbonyl (C=O) groups is 1. The Morgan fingerprint density at radius 3 is 3.04 bits per heavy atom. The van der Waals surface area contributed by atoms with Gasteiger partial charge in [0.05, 0.1) is 1.37 Å². The zero-order chi connectivity index (χ0) is 18.9. The van der Waals surface area contributed by atoms with E-state index in [2.05, 4.69) is 0 Å². The standard InChI is InChI=1S/C20H26O3/c1-12(21)23-19-8-7-18-17-5-3-13-11-14(22)4-6-15(13)16(17)9-10-20(18,19)2/h4,6,11,16-19,22H,3,5,7-10H2,1-2H3/t16-,17-,18+,19?,20+/m1/s1/i8D2,19D. The van der Waals surface area contributed by atoms with Crippen LogP contribution in [-0.2, 0) is 16.0 Å². The lowest BCUT2D eigenvalue weighted by molar-refractivity contribution is -0.154. The van der Waals surface area contributed by atoms with Crippen LogP contribution in [0.25, 0.3) is 0 Å². The Labute approximate surface area is 142 Å². The van der Waals surface area contributed by atoms with Crippen LogP contribution in [0.15, 0.2) is 18.2 Å². The lowest BCUT2D eigenvalue weighted by Gasteiger charge is -2.50. The van der Waals surface area contributed by atoms with E-state index in [0.29, 0.717) is 18.1 Å². The Morgan fingerprint density at radius 2 is 2.26 bits per heavy atom. The van der Waals surface area contributed by atoms with Gasteiger partial charge in [0.1, 0.15) is 11.8 Å². The van der Waals surface area contributed by atoms with E-state index >= 15 is 0 Å². The van der Waals surface area contributed by atoms with Crippen LogP contribution in [0.1, 0.15) is 67.1 Å². The van der Waals surface area contributed by atoms with Gasteiger partial charge in [0.2, 0.25) is 0 Å². The van der Waals surface area contributed by atoms with Crippen molar-refractivity contribution in [2.75, 3.05) is 0 Å². The summed E-state index contributed by atoms with van der Waals surface area (Å²) in [6, 6.07) is 5.59. The first-order chi connectivity index (χ1) is 12.1. The highest BCUT2D eigenvalue weighted by Gasteiger charge is 2.56. The largest absolute Gasteiger partial charge is 0.508 e. The minimum absolute atomic E-state index is 0.00931. The summed E-state index contributed by atoms with van der Waals surface area (Å²) in [5.74, 6) is 0.323. The quantitative estimate of drug-likeness (QED) is 0.790. The number of phenolic OH excluding ortho intramolecular Hbond substituents is 1. The molecule has 124 valence electrons. The average molecular weight is 317 g/mol. The van der Waals surface area contributed by atoms with E-state index in [1.54, 1.807) is 6.07 Å². The molecule has 1 aromatic carbocycles. The SMILES string of the molecule is [2H]C1([2H])C[C@H]2[C@@H]3CCc4cc(O)ccc4[C@H]3CC[C@]2(C)C1([2H])OC(C)=O. The van der Waals surface area contributed by atoms with Crippen molar-refractivity contribution in [3.63, 3.8) is 0 Å². The predicted octanol–water partition coefficient (Wildman–Crippen LogP) is 4.18. The zero-order valence-corrected chi connectivity index (χ0v) is 13.8. The van der Waals surface area contributed by atoms with Crippen LogP contribution >= 0.6 is 0 Å². The lowest BCUT2D eigenvalue weighted by Crippen LogP contribution is -2.45. The molecule has 0 aromatic heterocycles. The predicted molar refractivity (Wildman–Crippen MR) is 88.3 cm³/mol. The summed E-state index contributed by atoms with van der Waals surface area (Å²) in [5, 5.41) is 9.77. The summed E-state index contributed by atoms with van der Waals surface area (Å²) in [5.41, 5.74) is 1.77. The third-order valence-corrected chi connectivity index (χ3v) is 6.35. The number of hydrogen-bond donors (Lipinski definition) is 1. The Hall–Kier alpha value is -1.51. The number of fused-ring (bicyclic) bond motifs is 5. The highest BCUT2D eigenvalue weighted by Crippen LogP contribution is 2.61. The van der Waals surface area contributed by atoms with E-state index in [4.69, 9.17) is 8.85 Å². The first-order valence-corrected chi connectivity index (χ1v) is 8.60. The summed E-state index contributed by atoms with van der Waals surface area (Å²) in [6.45, 7) is 3.21. The van der Waals surface area contributed by atoms with Crippen LogP contribution in [-0.4, -0.2) is 17.2 Å². The number of hydrogen-bond acceptors (Lipinski definition) is 3. The number of ether oxygens (including phenoxy) is 1. The van der Waals surface area contributed by atoms with E-state index in [1.165, 1.54) is 18.1 Å². The molecular formula is C20H26O3. The van der Waals surface area contributed by atoms with Crippen molar-refractivity contribution in [3.8, 4) is 5.75 Å². The summed E-state index contributed by atoms with van der Waals surface area (Å²) < 4.78 is 31.2. The first kappa shape index (κ1) is 11.9. The van der Waals surface area contributed by atoms with E-state index in [9.17, 15) is 9.90 Å². The van der Waals surface area contributed by atoms with Gasteiger partial charge in [-0.3, -0.25) is 4.79 Å². The third-order valence-electron chi connectivity index (χ3n) is 6.35. The van der Waals surface area contributed by atoms with Crippen molar-refractivity contribution in [3.05, 3.63) is 29.3 Å². The van der Waals surface area contributed by atoms with Gasteiger partial charge in [-0.25, -0.2) is 0 Å². The molecule has 1 unspecified atom stereocenters. The van der Waals surface area contributed by atoms with Crippen molar-refractivity contribution < 1.29 is 18.8 Å². The Balaban J connectivity index is 1.74. The fourth-order valence-corrected chi connectivity index (χ4v) is 5.25. The van der Waals surface area contributed by atoms with Crippen molar-refractivity contribution in [1.82, 2.24) is 0 Å². The number of rotatable bonds is 1. The molecule has 5 atom stereocenters. The van der Waals surface area contributed by atoms with E-state index in [-0.39, 0.29) is 18.3 Å². The molecule has 0 aliphatic heterocycles. The molecule has 0 spiro atoms. The molecule has 0 radical (unpaired) electrons. The number of benzene rings is 1. The maximum Gasteiger partial charge on any atom is 0.302 e. The molecule has 4 rings (SSSR count). The minimum atomic E-state index is -1.86. The van der Waals surface area contributed by atoms with Gasteiger partial charge in [0, 0.05) is 15.1 Å². The smallest absolute Gasteiger partial charge is 0.302 e. The minimum Gasteiger partial charge on any atom is -0.508 e. The lowest BCUT2D eigenvalue weighted by atomic mass is 9.55. The summed E-state index contributed by atoms with van der Waals surface area (Å²) in [7, 11) is 0. The number of aromatic hydroxyl groups is 1. The molecule has 3 heteroatoms. The second-order valence-electron chi connectivity index (χ2n) is 7.56. The fourth-order valence-electron chi connectivity index (χ4n) is 5.25. The zero-order valence-electron chi connectivity index (χ0n) is 16.8. The van der Waals surface area contributed by atoms with Crippen molar-refractivity contribution >= 4 is 5.97 Å².